The van der Waals surface area contributed by atoms with Crippen LogP contribution in [0.25, 0.3) is 0 Å². The number of benzene rings is 1. The summed E-state index contributed by atoms with van der Waals surface area (Å²) in [5.41, 5.74) is 0.160. The number of amides is 2. The quantitative estimate of drug-likeness (QED) is 0.795. The summed E-state index contributed by atoms with van der Waals surface area (Å²) in [6, 6.07) is 2.12. The van der Waals surface area contributed by atoms with Crippen molar-refractivity contribution in [2.45, 2.75) is 31.8 Å². The predicted octanol–water partition coefficient (Wildman–Crippen LogP) is 2.02. The maximum absolute atomic E-state index is 13.4. The number of carbonyl (C=O) groups is 2. The first-order valence-corrected chi connectivity index (χ1v) is 6.68. The third kappa shape index (κ3) is 3.90. The molecule has 0 radical (unpaired) electrons. The van der Waals surface area contributed by atoms with E-state index in [4.69, 9.17) is 5.11 Å². The largest absolute Gasteiger partial charge is 0.481 e. The van der Waals surface area contributed by atoms with Gasteiger partial charge >= 0.3 is 12.0 Å². The van der Waals surface area contributed by atoms with E-state index < -0.39 is 35.6 Å². The Bertz CT molecular complexity index is 551. The minimum Gasteiger partial charge on any atom is -0.481 e. The number of aliphatic carboxylic acids is 1. The summed E-state index contributed by atoms with van der Waals surface area (Å²) in [5, 5.41) is 14.0. The van der Waals surface area contributed by atoms with Crippen LogP contribution in [0.15, 0.2) is 18.2 Å². The zero-order valence-electron chi connectivity index (χ0n) is 11.2. The first-order valence-electron chi connectivity index (χ1n) is 6.68. The molecule has 1 aliphatic rings. The number of hydrogen-bond donors (Lipinski definition) is 3. The van der Waals surface area contributed by atoms with Gasteiger partial charge < -0.3 is 15.7 Å². The number of carboxylic acid groups (broad SMARTS) is 1. The summed E-state index contributed by atoms with van der Waals surface area (Å²) in [6.45, 7) is -0.0948. The van der Waals surface area contributed by atoms with Crippen LogP contribution in [-0.4, -0.2) is 23.1 Å². The fourth-order valence-electron chi connectivity index (χ4n) is 2.49. The Balaban J connectivity index is 1.86. The van der Waals surface area contributed by atoms with Crippen LogP contribution in [0.1, 0.15) is 24.8 Å². The van der Waals surface area contributed by atoms with E-state index in [1.807, 2.05) is 0 Å². The zero-order valence-corrected chi connectivity index (χ0v) is 11.2. The number of halogens is 2. The van der Waals surface area contributed by atoms with E-state index in [1.165, 1.54) is 6.07 Å². The van der Waals surface area contributed by atoms with E-state index in [-0.39, 0.29) is 12.1 Å². The predicted molar refractivity (Wildman–Crippen MR) is 70.5 cm³/mol. The molecule has 0 spiro atoms. The third-order valence-electron chi connectivity index (χ3n) is 3.60. The molecule has 0 aliphatic heterocycles. The van der Waals surface area contributed by atoms with Crippen molar-refractivity contribution in [3.8, 4) is 0 Å². The topological polar surface area (TPSA) is 78.4 Å². The van der Waals surface area contributed by atoms with Crippen LogP contribution in [0.3, 0.4) is 0 Å². The first kappa shape index (κ1) is 15.2. The summed E-state index contributed by atoms with van der Waals surface area (Å²) >= 11 is 0. The van der Waals surface area contributed by atoms with E-state index in [0.29, 0.717) is 12.8 Å². The smallest absolute Gasteiger partial charge is 0.315 e. The van der Waals surface area contributed by atoms with Crippen molar-refractivity contribution in [3.63, 3.8) is 0 Å². The molecule has 1 saturated carbocycles. The Kier molecular flexibility index (Phi) is 4.72. The van der Waals surface area contributed by atoms with Crippen LogP contribution in [0, 0.1) is 17.6 Å². The Hall–Kier alpha value is -2.18. The molecule has 7 heteroatoms. The molecule has 2 rings (SSSR count). The molecule has 2 unspecified atom stereocenters. The molecule has 5 nitrogen and oxygen atoms in total. The maximum atomic E-state index is 13.4. The molecule has 1 aromatic rings. The van der Waals surface area contributed by atoms with Gasteiger partial charge in [-0.1, -0.05) is 12.5 Å². The van der Waals surface area contributed by atoms with E-state index in [1.54, 1.807) is 0 Å². The van der Waals surface area contributed by atoms with Crippen molar-refractivity contribution in [1.29, 1.82) is 0 Å². The van der Waals surface area contributed by atoms with Crippen molar-refractivity contribution in [2.24, 2.45) is 5.92 Å². The standard InChI is InChI=1S/C14H16F2N2O3/c15-9-5-4-8(11(16)6-9)7-17-14(21)18-12-3-1-2-10(12)13(19)20/h4-6,10,12H,1-3,7H2,(H,19,20)(H2,17,18,21). The second kappa shape index (κ2) is 6.51. The lowest BCUT2D eigenvalue weighted by molar-refractivity contribution is -0.142. The van der Waals surface area contributed by atoms with Crippen LogP contribution >= 0.6 is 0 Å². The fourth-order valence-corrected chi connectivity index (χ4v) is 2.49. The molecular weight excluding hydrogens is 282 g/mol. The molecule has 1 aromatic carbocycles. The number of carbonyl (C=O) groups excluding carboxylic acids is 1. The van der Waals surface area contributed by atoms with Crippen molar-refractivity contribution in [1.82, 2.24) is 10.6 Å². The highest BCUT2D eigenvalue weighted by Crippen LogP contribution is 2.25. The molecule has 21 heavy (non-hydrogen) atoms. The molecule has 0 saturated heterocycles. The highest BCUT2D eigenvalue weighted by atomic mass is 19.1. The van der Waals surface area contributed by atoms with Crippen molar-refractivity contribution < 1.29 is 23.5 Å². The molecular formula is C14H16F2N2O3. The average molecular weight is 298 g/mol. The third-order valence-corrected chi connectivity index (χ3v) is 3.60. The molecule has 0 bridgehead atoms. The molecule has 1 aliphatic carbocycles. The van der Waals surface area contributed by atoms with E-state index >= 15 is 0 Å². The number of urea groups is 1. The molecule has 114 valence electrons. The van der Waals surface area contributed by atoms with Crippen LogP contribution in [0.2, 0.25) is 0 Å². The summed E-state index contributed by atoms with van der Waals surface area (Å²) in [6.07, 6.45) is 1.89. The van der Waals surface area contributed by atoms with Gasteiger partial charge in [-0.3, -0.25) is 4.79 Å². The van der Waals surface area contributed by atoms with Gasteiger partial charge in [-0.2, -0.15) is 0 Å². The first-order chi connectivity index (χ1) is 9.97. The molecule has 3 N–H and O–H groups in total. The minimum atomic E-state index is -0.928. The van der Waals surface area contributed by atoms with Gasteiger partial charge in [0.1, 0.15) is 11.6 Å². The highest BCUT2D eigenvalue weighted by molar-refractivity contribution is 5.77. The Morgan fingerprint density at radius 3 is 2.71 bits per heavy atom. The molecule has 0 heterocycles. The van der Waals surface area contributed by atoms with Gasteiger partial charge in [0, 0.05) is 24.2 Å². The SMILES string of the molecule is O=C(NCc1ccc(F)cc1F)NC1CCCC1C(=O)O. The van der Waals surface area contributed by atoms with Crippen LogP contribution in [-0.2, 0) is 11.3 Å². The molecule has 0 aromatic heterocycles. The number of nitrogens with one attached hydrogen (secondary N) is 2. The van der Waals surface area contributed by atoms with Gasteiger partial charge in [-0.15, -0.1) is 0 Å². The number of hydrogen-bond acceptors (Lipinski definition) is 2. The second-order valence-corrected chi connectivity index (χ2v) is 5.04. The normalized spacial score (nSPS) is 21.0. The van der Waals surface area contributed by atoms with Gasteiger partial charge in [0.05, 0.1) is 5.92 Å². The van der Waals surface area contributed by atoms with Gasteiger partial charge in [-0.25, -0.2) is 13.6 Å². The Labute approximate surface area is 120 Å². The van der Waals surface area contributed by atoms with Crippen molar-refractivity contribution in [3.05, 3.63) is 35.4 Å². The molecule has 2 atom stereocenters. The maximum Gasteiger partial charge on any atom is 0.315 e. The monoisotopic (exact) mass is 298 g/mol. The van der Waals surface area contributed by atoms with Gasteiger partial charge in [0.25, 0.3) is 0 Å². The lowest BCUT2D eigenvalue weighted by Crippen LogP contribution is -2.45. The van der Waals surface area contributed by atoms with E-state index in [0.717, 1.165) is 18.6 Å². The molecule has 1 fully saturated rings. The number of rotatable bonds is 4. The Morgan fingerprint density at radius 2 is 2.05 bits per heavy atom. The van der Waals surface area contributed by atoms with Crippen LogP contribution in [0.5, 0.6) is 0 Å². The zero-order chi connectivity index (χ0) is 15.4. The Morgan fingerprint density at radius 1 is 1.29 bits per heavy atom. The summed E-state index contributed by atoms with van der Waals surface area (Å²) in [7, 11) is 0. The van der Waals surface area contributed by atoms with Crippen molar-refractivity contribution >= 4 is 12.0 Å². The fraction of sp³-hybridized carbons (Fsp3) is 0.429. The van der Waals surface area contributed by atoms with Crippen molar-refractivity contribution in [2.75, 3.05) is 0 Å². The van der Waals surface area contributed by atoms with Gasteiger partial charge in [0.2, 0.25) is 0 Å². The lowest BCUT2D eigenvalue weighted by Gasteiger charge is -2.18. The molecule has 2 amide bonds. The lowest BCUT2D eigenvalue weighted by atomic mass is 10.0. The minimum absolute atomic E-state index is 0.0948. The second-order valence-electron chi connectivity index (χ2n) is 5.04. The van der Waals surface area contributed by atoms with Gasteiger partial charge in [-0.05, 0) is 18.9 Å². The summed E-state index contributed by atoms with van der Waals surface area (Å²) in [4.78, 5) is 22.7. The summed E-state index contributed by atoms with van der Waals surface area (Å²) in [5.74, 6) is -2.93. The van der Waals surface area contributed by atoms with Crippen LogP contribution in [0.4, 0.5) is 13.6 Å². The van der Waals surface area contributed by atoms with Gasteiger partial charge in [0.15, 0.2) is 0 Å². The van der Waals surface area contributed by atoms with E-state index in [2.05, 4.69) is 10.6 Å². The summed E-state index contributed by atoms with van der Waals surface area (Å²) < 4.78 is 26.1. The highest BCUT2D eigenvalue weighted by Gasteiger charge is 2.33. The average Bonchev–Trinajstić information content (AvgIpc) is 2.86. The van der Waals surface area contributed by atoms with E-state index in [9.17, 15) is 18.4 Å². The number of carboxylic acids is 1. The van der Waals surface area contributed by atoms with Crippen LogP contribution < -0.4 is 10.6 Å².